The van der Waals surface area contributed by atoms with E-state index < -0.39 is 0 Å². The summed E-state index contributed by atoms with van der Waals surface area (Å²) in [5, 5.41) is 3.27. The van der Waals surface area contributed by atoms with Crippen LogP contribution in [0.1, 0.15) is 11.3 Å². The molecule has 78 valence electrons. The van der Waals surface area contributed by atoms with Gasteiger partial charge in [-0.05, 0) is 42.8 Å². The summed E-state index contributed by atoms with van der Waals surface area (Å²) in [6.07, 6.45) is 1.67. The molecule has 3 heteroatoms. The van der Waals surface area contributed by atoms with Crippen LogP contribution >= 0.6 is 0 Å². The number of hydrogen-bond acceptors (Lipinski definition) is 3. The lowest BCUT2D eigenvalue weighted by atomic mass is 10.2. The van der Waals surface area contributed by atoms with Crippen LogP contribution in [0, 0.1) is 6.92 Å². The highest BCUT2D eigenvalue weighted by Crippen LogP contribution is 2.17. The Morgan fingerprint density at radius 2 is 2.20 bits per heavy atom. The zero-order valence-electron chi connectivity index (χ0n) is 8.66. The smallest absolute Gasteiger partial charge is 0.122 e. The predicted molar refractivity (Wildman–Crippen MR) is 61.6 cm³/mol. The summed E-state index contributed by atoms with van der Waals surface area (Å²) < 4.78 is 5.22. The van der Waals surface area contributed by atoms with Crippen LogP contribution in [-0.2, 0) is 6.54 Å². The van der Waals surface area contributed by atoms with Crippen molar-refractivity contribution in [2.24, 2.45) is 0 Å². The maximum Gasteiger partial charge on any atom is 0.122 e. The summed E-state index contributed by atoms with van der Waals surface area (Å²) >= 11 is 0. The summed E-state index contributed by atoms with van der Waals surface area (Å²) in [6.45, 7) is 2.68. The molecule has 0 spiro atoms. The first kappa shape index (κ1) is 9.65. The van der Waals surface area contributed by atoms with Gasteiger partial charge in [0.15, 0.2) is 0 Å². The van der Waals surface area contributed by atoms with Crippen LogP contribution in [0.5, 0.6) is 0 Å². The molecule has 1 aromatic heterocycles. The Balaban J connectivity index is 2.02. The number of furan rings is 1. The average Bonchev–Trinajstić information content (AvgIpc) is 2.73. The van der Waals surface area contributed by atoms with E-state index in [0.717, 1.165) is 22.7 Å². The molecule has 0 saturated heterocycles. The molecule has 0 atom stereocenters. The minimum absolute atomic E-state index is 0.691. The molecule has 3 nitrogen and oxygen atoms in total. The Labute approximate surface area is 88.9 Å². The van der Waals surface area contributed by atoms with Gasteiger partial charge < -0.3 is 15.5 Å². The SMILES string of the molecule is Cc1cc(NCc2ccco2)ccc1N. The van der Waals surface area contributed by atoms with Crippen molar-refractivity contribution in [3.05, 3.63) is 47.9 Å². The van der Waals surface area contributed by atoms with Crippen LogP contribution in [0.4, 0.5) is 11.4 Å². The van der Waals surface area contributed by atoms with Gasteiger partial charge in [0.2, 0.25) is 0 Å². The van der Waals surface area contributed by atoms with Gasteiger partial charge in [0, 0.05) is 11.4 Å². The van der Waals surface area contributed by atoms with Gasteiger partial charge in [-0.25, -0.2) is 0 Å². The maximum atomic E-state index is 5.73. The van der Waals surface area contributed by atoms with E-state index in [2.05, 4.69) is 5.32 Å². The molecule has 0 radical (unpaired) electrons. The fourth-order valence-corrected chi connectivity index (χ4v) is 1.39. The quantitative estimate of drug-likeness (QED) is 0.752. The van der Waals surface area contributed by atoms with E-state index >= 15 is 0 Å². The molecule has 1 aromatic carbocycles. The van der Waals surface area contributed by atoms with E-state index in [9.17, 15) is 0 Å². The lowest BCUT2D eigenvalue weighted by Crippen LogP contribution is -1.99. The molecule has 0 saturated carbocycles. The van der Waals surface area contributed by atoms with Crippen molar-refractivity contribution >= 4 is 11.4 Å². The Bertz CT molecular complexity index is 435. The van der Waals surface area contributed by atoms with Gasteiger partial charge >= 0.3 is 0 Å². The molecule has 0 fully saturated rings. The second-order valence-corrected chi connectivity index (χ2v) is 3.50. The molecule has 0 unspecified atom stereocenters. The van der Waals surface area contributed by atoms with E-state index in [-0.39, 0.29) is 0 Å². The summed E-state index contributed by atoms with van der Waals surface area (Å²) in [5.41, 5.74) is 8.69. The molecule has 1 heterocycles. The van der Waals surface area contributed by atoms with Gasteiger partial charge in [-0.3, -0.25) is 0 Å². The molecule has 0 bridgehead atoms. The molecular formula is C12H14N2O. The summed E-state index contributed by atoms with van der Waals surface area (Å²) in [4.78, 5) is 0. The number of nitrogen functional groups attached to an aromatic ring is 1. The van der Waals surface area contributed by atoms with E-state index in [0.29, 0.717) is 6.54 Å². The van der Waals surface area contributed by atoms with Crippen molar-refractivity contribution < 1.29 is 4.42 Å². The van der Waals surface area contributed by atoms with Crippen LogP contribution in [0.2, 0.25) is 0 Å². The fourth-order valence-electron chi connectivity index (χ4n) is 1.39. The first-order valence-electron chi connectivity index (χ1n) is 4.88. The molecule has 15 heavy (non-hydrogen) atoms. The fraction of sp³-hybridized carbons (Fsp3) is 0.167. The van der Waals surface area contributed by atoms with Crippen molar-refractivity contribution in [3.63, 3.8) is 0 Å². The van der Waals surface area contributed by atoms with Crippen molar-refractivity contribution in [2.75, 3.05) is 11.1 Å². The molecule has 0 aliphatic heterocycles. The highest BCUT2D eigenvalue weighted by atomic mass is 16.3. The minimum atomic E-state index is 0.691. The zero-order chi connectivity index (χ0) is 10.7. The van der Waals surface area contributed by atoms with Crippen molar-refractivity contribution in [3.8, 4) is 0 Å². The monoisotopic (exact) mass is 202 g/mol. The van der Waals surface area contributed by atoms with Gasteiger partial charge in [0.25, 0.3) is 0 Å². The normalized spacial score (nSPS) is 10.2. The lowest BCUT2D eigenvalue weighted by Gasteiger charge is -2.06. The van der Waals surface area contributed by atoms with Crippen LogP contribution in [-0.4, -0.2) is 0 Å². The maximum absolute atomic E-state index is 5.73. The van der Waals surface area contributed by atoms with E-state index in [4.69, 9.17) is 10.2 Å². The van der Waals surface area contributed by atoms with Crippen molar-refractivity contribution in [2.45, 2.75) is 13.5 Å². The Morgan fingerprint density at radius 3 is 2.87 bits per heavy atom. The molecule has 0 aliphatic rings. The zero-order valence-corrected chi connectivity index (χ0v) is 8.66. The number of rotatable bonds is 3. The van der Waals surface area contributed by atoms with Gasteiger partial charge in [0.05, 0.1) is 12.8 Å². The highest BCUT2D eigenvalue weighted by molar-refractivity contribution is 5.56. The second-order valence-electron chi connectivity index (χ2n) is 3.50. The van der Waals surface area contributed by atoms with Gasteiger partial charge in [0.1, 0.15) is 5.76 Å². The third-order valence-electron chi connectivity index (χ3n) is 2.32. The number of anilines is 2. The largest absolute Gasteiger partial charge is 0.467 e. The number of benzene rings is 1. The molecule has 2 rings (SSSR count). The Kier molecular flexibility index (Phi) is 2.63. The van der Waals surface area contributed by atoms with E-state index in [1.807, 2.05) is 37.3 Å². The highest BCUT2D eigenvalue weighted by Gasteiger charge is 1.98. The number of aryl methyl sites for hydroxylation is 1. The van der Waals surface area contributed by atoms with Gasteiger partial charge in [-0.15, -0.1) is 0 Å². The summed E-state index contributed by atoms with van der Waals surface area (Å²) in [6, 6.07) is 9.71. The van der Waals surface area contributed by atoms with Crippen LogP contribution in [0.15, 0.2) is 41.0 Å². The first-order valence-corrected chi connectivity index (χ1v) is 4.88. The van der Waals surface area contributed by atoms with Crippen molar-refractivity contribution in [1.29, 1.82) is 0 Å². The Hall–Kier alpha value is -1.90. The number of nitrogens with one attached hydrogen (secondary N) is 1. The Morgan fingerprint density at radius 1 is 1.33 bits per heavy atom. The van der Waals surface area contributed by atoms with Crippen molar-refractivity contribution in [1.82, 2.24) is 0 Å². The topological polar surface area (TPSA) is 51.2 Å². The molecule has 3 N–H and O–H groups in total. The first-order chi connectivity index (χ1) is 7.25. The average molecular weight is 202 g/mol. The minimum Gasteiger partial charge on any atom is -0.467 e. The standard InChI is InChI=1S/C12H14N2O/c1-9-7-10(4-5-12(9)13)14-8-11-3-2-6-15-11/h2-7,14H,8,13H2,1H3. The molecule has 2 aromatic rings. The third kappa shape index (κ3) is 2.31. The number of nitrogens with two attached hydrogens (primary N) is 1. The summed E-state index contributed by atoms with van der Waals surface area (Å²) in [5.74, 6) is 0.921. The predicted octanol–water partition coefficient (Wildman–Crippen LogP) is 2.78. The van der Waals surface area contributed by atoms with Gasteiger partial charge in [-0.2, -0.15) is 0 Å². The second kappa shape index (κ2) is 4.09. The summed E-state index contributed by atoms with van der Waals surface area (Å²) in [7, 11) is 0. The van der Waals surface area contributed by atoms with E-state index in [1.54, 1.807) is 6.26 Å². The van der Waals surface area contributed by atoms with Crippen LogP contribution < -0.4 is 11.1 Å². The van der Waals surface area contributed by atoms with Crippen LogP contribution in [0.3, 0.4) is 0 Å². The molecule has 0 aliphatic carbocycles. The van der Waals surface area contributed by atoms with Crippen LogP contribution in [0.25, 0.3) is 0 Å². The lowest BCUT2D eigenvalue weighted by molar-refractivity contribution is 0.518. The van der Waals surface area contributed by atoms with Gasteiger partial charge in [-0.1, -0.05) is 0 Å². The molecular weight excluding hydrogens is 188 g/mol. The van der Waals surface area contributed by atoms with E-state index in [1.165, 1.54) is 0 Å². The third-order valence-corrected chi connectivity index (χ3v) is 2.32. The molecule has 0 amide bonds. The number of hydrogen-bond donors (Lipinski definition) is 2.